The second kappa shape index (κ2) is 5.24. The summed E-state index contributed by atoms with van der Waals surface area (Å²) < 4.78 is 5.55. The lowest BCUT2D eigenvalue weighted by atomic mass is 10.0. The number of benzene rings is 2. The van der Waals surface area contributed by atoms with E-state index in [0.29, 0.717) is 0 Å². The summed E-state index contributed by atoms with van der Waals surface area (Å²) >= 11 is 0. The highest BCUT2D eigenvalue weighted by Gasteiger charge is 2.10. The van der Waals surface area contributed by atoms with Gasteiger partial charge in [-0.2, -0.15) is 0 Å². The van der Waals surface area contributed by atoms with Gasteiger partial charge in [0, 0.05) is 12.1 Å². The highest BCUT2D eigenvalue weighted by atomic mass is 16.3. The van der Waals surface area contributed by atoms with Gasteiger partial charge in [-0.05, 0) is 23.4 Å². The van der Waals surface area contributed by atoms with E-state index in [1.54, 1.807) is 0 Å². The van der Waals surface area contributed by atoms with Crippen molar-refractivity contribution in [3.63, 3.8) is 0 Å². The van der Waals surface area contributed by atoms with Crippen LogP contribution in [-0.2, 0) is 6.54 Å². The molecule has 1 aromatic heterocycles. The Labute approximate surface area is 112 Å². The van der Waals surface area contributed by atoms with E-state index in [1.807, 2.05) is 12.1 Å². The summed E-state index contributed by atoms with van der Waals surface area (Å²) in [4.78, 5) is 4.28. The Morgan fingerprint density at radius 2 is 1.95 bits per heavy atom. The summed E-state index contributed by atoms with van der Waals surface area (Å²) in [5.41, 5.74) is 2.03. The second-order valence-electron chi connectivity index (χ2n) is 4.47. The summed E-state index contributed by atoms with van der Waals surface area (Å²) in [5, 5.41) is 5.72. The van der Waals surface area contributed by atoms with Crippen molar-refractivity contribution < 1.29 is 4.42 Å². The van der Waals surface area contributed by atoms with Crippen LogP contribution in [0.15, 0.2) is 53.3 Å². The van der Waals surface area contributed by atoms with Crippen molar-refractivity contribution in [2.45, 2.75) is 13.5 Å². The maximum Gasteiger partial charge on any atom is 0.181 e. The monoisotopic (exact) mass is 252 g/mol. The minimum atomic E-state index is 0.731. The zero-order valence-corrected chi connectivity index (χ0v) is 10.9. The van der Waals surface area contributed by atoms with E-state index in [9.17, 15) is 0 Å². The molecule has 1 heterocycles. The molecule has 0 bridgehead atoms. The number of aromatic nitrogens is 1. The topological polar surface area (TPSA) is 38.1 Å². The number of nitrogens with one attached hydrogen (secondary N) is 1. The number of rotatable bonds is 4. The largest absolute Gasteiger partial charge is 0.443 e. The number of hydrogen-bond acceptors (Lipinski definition) is 3. The predicted molar refractivity (Wildman–Crippen MR) is 76.8 cm³/mol. The van der Waals surface area contributed by atoms with Crippen molar-refractivity contribution in [3.8, 4) is 11.3 Å². The van der Waals surface area contributed by atoms with E-state index < -0.39 is 0 Å². The molecule has 3 aromatic rings. The summed E-state index contributed by atoms with van der Waals surface area (Å²) in [6.45, 7) is 3.73. The summed E-state index contributed by atoms with van der Waals surface area (Å²) in [6.07, 6.45) is 1.51. The Kier molecular flexibility index (Phi) is 3.29. The Hall–Kier alpha value is -2.13. The summed E-state index contributed by atoms with van der Waals surface area (Å²) in [7, 11) is 0. The van der Waals surface area contributed by atoms with Crippen LogP contribution in [0.2, 0.25) is 0 Å². The third-order valence-corrected chi connectivity index (χ3v) is 3.20. The quantitative estimate of drug-likeness (QED) is 0.771. The third-order valence-electron chi connectivity index (χ3n) is 3.20. The van der Waals surface area contributed by atoms with Crippen molar-refractivity contribution in [1.29, 1.82) is 0 Å². The molecule has 0 amide bonds. The molecule has 3 heteroatoms. The molecule has 0 atom stereocenters. The van der Waals surface area contributed by atoms with Crippen LogP contribution in [0, 0.1) is 0 Å². The maximum atomic E-state index is 5.55. The molecule has 0 spiro atoms. The molecule has 0 aliphatic heterocycles. The number of hydrogen-bond donors (Lipinski definition) is 1. The van der Waals surface area contributed by atoms with Crippen LogP contribution in [0.3, 0.4) is 0 Å². The van der Waals surface area contributed by atoms with Gasteiger partial charge in [-0.25, -0.2) is 4.98 Å². The fraction of sp³-hybridized carbons (Fsp3) is 0.188. The van der Waals surface area contributed by atoms with Gasteiger partial charge in [0.1, 0.15) is 5.69 Å². The molecule has 0 saturated heterocycles. The van der Waals surface area contributed by atoms with Crippen LogP contribution in [-0.4, -0.2) is 11.5 Å². The van der Waals surface area contributed by atoms with E-state index in [0.717, 1.165) is 30.1 Å². The Balaban J connectivity index is 2.01. The standard InChI is InChI=1S/C16H16N2O/c1-2-17-10-15-16(19-11-18-15)14-8-7-12-5-3-4-6-13(12)9-14/h3-9,11,17H,2,10H2,1H3. The van der Waals surface area contributed by atoms with Crippen molar-refractivity contribution >= 4 is 10.8 Å². The molecule has 19 heavy (non-hydrogen) atoms. The minimum Gasteiger partial charge on any atom is -0.443 e. The van der Waals surface area contributed by atoms with Crippen molar-refractivity contribution in [2.75, 3.05) is 6.54 Å². The van der Waals surface area contributed by atoms with Gasteiger partial charge in [-0.15, -0.1) is 0 Å². The highest BCUT2D eigenvalue weighted by molar-refractivity contribution is 5.86. The molecular weight excluding hydrogens is 236 g/mol. The van der Waals surface area contributed by atoms with Crippen molar-refractivity contribution in [2.24, 2.45) is 0 Å². The fourth-order valence-electron chi connectivity index (χ4n) is 2.20. The van der Waals surface area contributed by atoms with E-state index in [2.05, 4.69) is 47.6 Å². The first kappa shape index (κ1) is 11.9. The van der Waals surface area contributed by atoms with Crippen molar-refractivity contribution in [1.82, 2.24) is 10.3 Å². The van der Waals surface area contributed by atoms with Crippen LogP contribution >= 0.6 is 0 Å². The molecule has 1 N–H and O–H groups in total. The number of oxazole rings is 1. The van der Waals surface area contributed by atoms with Crippen LogP contribution in [0.1, 0.15) is 12.6 Å². The van der Waals surface area contributed by atoms with Gasteiger partial charge < -0.3 is 9.73 Å². The van der Waals surface area contributed by atoms with Crippen LogP contribution in [0.4, 0.5) is 0 Å². The first-order valence-electron chi connectivity index (χ1n) is 6.50. The van der Waals surface area contributed by atoms with E-state index >= 15 is 0 Å². The first-order valence-corrected chi connectivity index (χ1v) is 6.50. The number of nitrogens with zero attached hydrogens (tertiary/aromatic N) is 1. The Bertz CT molecular complexity index is 688. The predicted octanol–water partition coefficient (Wildman–Crippen LogP) is 3.60. The minimum absolute atomic E-state index is 0.731. The van der Waals surface area contributed by atoms with Gasteiger partial charge >= 0.3 is 0 Å². The molecule has 3 nitrogen and oxygen atoms in total. The average Bonchev–Trinajstić information content (AvgIpc) is 2.93. The van der Waals surface area contributed by atoms with Gasteiger partial charge in [0.15, 0.2) is 12.2 Å². The first-order chi connectivity index (χ1) is 9.38. The molecule has 0 saturated carbocycles. The van der Waals surface area contributed by atoms with E-state index in [-0.39, 0.29) is 0 Å². The molecule has 0 aliphatic carbocycles. The van der Waals surface area contributed by atoms with E-state index in [1.165, 1.54) is 17.2 Å². The van der Waals surface area contributed by atoms with Gasteiger partial charge in [0.2, 0.25) is 0 Å². The fourth-order valence-corrected chi connectivity index (χ4v) is 2.20. The van der Waals surface area contributed by atoms with Gasteiger partial charge in [-0.1, -0.05) is 43.3 Å². The lowest BCUT2D eigenvalue weighted by Gasteiger charge is -2.04. The third kappa shape index (κ3) is 2.37. The molecule has 96 valence electrons. The van der Waals surface area contributed by atoms with Crippen molar-refractivity contribution in [3.05, 3.63) is 54.6 Å². The highest BCUT2D eigenvalue weighted by Crippen LogP contribution is 2.26. The average molecular weight is 252 g/mol. The molecule has 0 fully saturated rings. The Morgan fingerprint density at radius 1 is 1.11 bits per heavy atom. The van der Waals surface area contributed by atoms with Gasteiger partial charge in [0.25, 0.3) is 0 Å². The molecule has 3 rings (SSSR count). The second-order valence-corrected chi connectivity index (χ2v) is 4.47. The zero-order valence-electron chi connectivity index (χ0n) is 10.9. The molecule has 0 unspecified atom stereocenters. The van der Waals surface area contributed by atoms with Crippen LogP contribution < -0.4 is 5.32 Å². The summed E-state index contributed by atoms with van der Waals surface area (Å²) in [6, 6.07) is 14.7. The molecular formula is C16H16N2O. The molecule has 2 aromatic carbocycles. The van der Waals surface area contributed by atoms with Crippen LogP contribution in [0.5, 0.6) is 0 Å². The van der Waals surface area contributed by atoms with Crippen LogP contribution in [0.25, 0.3) is 22.1 Å². The molecule has 0 radical (unpaired) electrons. The number of fused-ring (bicyclic) bond motifs is 1. The van der Waals surface area contributed by atoms with E-state index in [4.69, 9.17) is 4.42 Å². The molecule has 0 aliphatic rings. The lowest BCUT2D eigenvalue weighted by molar-refractivity contribution is 0.570. The Morgan fingerprint density at radius 3 is 2.79 bits per heavy atom. The van der Waals surface area contributed by atoms with Gasteiger partial charge in [-0.3, -0.25) is 0 Å². The summed E-state index contributed by atoms with van der Waals surface area (Å²) in [5.74, 6) is 0.853. The lowest BCUT2D eigenvalue weighted by Crippen LogP contribution is -2.12. The normalized spacial score (nSPS) is 11.0. The smallest absolute Gasteiger partial charge is 0.181 e. The van der Waals surface area contributed by atoms with Gasteiger partial charge in [0.05, 0.1) is 0 Å². The SMILES string of the molecule is CCNCc1ncoc1-c1ccc2ccccc2c1. The maximum absolute atomic E-state index is 5.55. The zero-order chi connectivity index (χ0) is 13.1.